The molecule has 0 N–H and O–H groups in total. The van der Waals surface area contributed by atoms with Crippen LogP contribution in [-0.4, -0.2) is 0 Å². The molecule has 0 bridgehead atoms. The molecule has 0 saturated heterocycles. The summed E-state index contributed by atoms with van der Waals surface area (Å²) in [5, 5.41) is 9.28. The molecule has 0 aliphatic rings. The molecule has 0 aromatic heterocycles. The van der Waals surface area contributed by atoms with Crippen molar-refractivity contribution in [2.24, 2.45) is 0 Å². The molecule has 1 nitrogen and oxygen atoms in total. The Labute approximate surface area is 108 Å². The maximum atomic E-state index is 13.3. The van der Waals surface area contributed by atoms with E-state index in [9.17, 15) is 4.39 Å². The van der Waals surface area contributed by atoms with Crippen molar-refractivity contribution in [2.45, 2.75) is 0 Å². The molecule has 0 saturated carbocycles. The molecule has 2 aromatic carbocycles. The molecular weight excluding hydrogens is 260 g/mol. The molecule has 2 aromatic rings. The average Bonchev–Trinajstić information content (AvgIpc) is 2.31. The second-order valence-electron chi connectivity index (χ2n) is 3.44. The lowest BCUT2D eigenvalue weighted by atomic mass is 10.0. The van der Waals surface area contributed by atoms with E-state index in [1.54, 1.807) is 24.3 Å². The Hall–Kier alpha value is -1.56. The maximum Gasteiger partial charge on any atom is 0.142 e. The summed E-state index contributed by atoms with van der Waals surface area (Å²) in [6.07, 6.45) is 0. The molecule has 2 rings (SSSR count). The topological polar surface area (TPSA) is 23.8 Å². The fraction of sp³-hybridized carbons (Fsp3) is 0. The second kappa shape index (κ2) is 4.75. The zero-order chi connectivity index (χ0) is 12.4. The van der Waals surface area contributed by atoms with Gasteiger partial charge in [-0.2, -0.15) is 5.26 Å². The van der Waals surface area contributed by atoms with Crippen LogP contribution in [0.5, 0.6) is 0 Å². The highest BCUT2D eigenvalue weighted by molar-refractivity contribution is 6.34. The van der Waals surface area contributed by atoms with Gasteiger partial charge < -0.3 is 0 Å². The van der Waals surface area contributed by atoms with E-state index >= 15 is 0 Å². The molecule has 0 unspecified atom stereocenters. The Balaban J connectivity index is 2.65. The van der Waals surface area contributed by atoms with E-state index in [4.69, 9.17) is 28.5 Å². The normalized spacial score (nSPS) is 10.0. The molecule has 0 spiro atoms. The Bertz CT molecular complexity index is 617. The number of rotatable bonds is 1. The molecule has 17 heavy (non-hydrogen) atoms. The summed E-state index contributed by atoms with van der Waals surface area (Å²) in [5.41, 5.74) is 1.55. The largest absolute Gasteiger partial charge is 0.205 e. The zero-order valence-electron chi connectivity index (χ0n) is 8.55. The minimum atomic E-state index is -0.498. The van der Waals surface area contributed by atoms with Crippen LogP contribution in [0.1, 0.15) is 5.56 Å². The molecule has 0 aliphatic carbocycles. The monoisotopic (exact) mass is 265 g/mol. The minimum Gasteiger partial charge on any atom is -0.205 e. The van der Waals surface area contributed by atoms with Crippen LogP contribution in [0.4, 0.5) is 4.39 Å². The molecule has 0 aliphatic heterocycles. The SMILES string of the molecule is N#Cc1cc(Cl)cc(-c2cccc(F)c2Cl)c1. The van der Waals surface area contributed by atoms with Gasteiger partial charge in [0.2, 0.25) is 0 Å². The van der Waals surface area contributed by atoms with Gasteiger partial charge in [-0.25, -0.2) is 4.39 Å². The van der Waals surface area contributed by atoms with Gasteiger partial charge >= 0.3 is 0 Å². The summed E-state index contributed by atoms with van der Waals surface area (Å²) >= 11 is 11.8. The highest BCUT2D eigenvalue weighted by atomic mass is 35.5. The number of benzene rings is 2. The van der Waals surface area contributed by atoms with Gasteiger partial charge in [-0.1, -0.05) is 35.3 Å². The van der Waals surface area contributed by atoms with Gasteiger partial charge in [0.05, 0.1) is 16.7 Å². The van der Waals surface area contributed by atoms with Crippen molar-refractivity contribution in [1.29, 1.82) is 5.26 Å². The van der Waals surface area contributed by atoms with Crippen LogP contribution < -0.4 is 0 Å². The lowest BCUT2D eigenvalue weighted by molar-refractivity contribution is 0.629. The van der Waals surface area contributed by atoms with Crippen molar-refractivity contribution < 1.29 is 4.39 Å². The first-order valence-electron chi connectivity index (χ1n) is 4.77. The van der Waals surface area contributed by atoms with Gasteiger partial charge in [0, 0.05) is 10.6 Å². The van der Waals surface area contributed by atoms with Crippen LogP contribution in [0.2, 0.25) is 10.0 Å². The third kappa shape index (κ3) is 2.41. The van der Waals surface area contributed by atoms with E-state index in [1.165, 1.54) is 12.1 Å². The fourth-order valence-corrected chi connectivity index (χ4v) is 2.01. The molecule has 84 valence electrons. The molecular formula is C13H6Cl2FN. The Morgan fingerprint density at radius 2 is 1.88 bits per heavy atom. The van der Waals surface area contributed by atoms with Crippen molar-refractivity contribution in [3.63, 3.8) is 0 Å². The number of hydrogen-bond donors (Lipinski definition) is 0. The number of nitrogens with zero attached hydrogens (tertiary/aromatic N) is 1. The van der Waals surface area contributed by atoms with Crippen molar-refractivity contribution in [2.75, 3.05) is 0 Å². The summed E-state index contributed by atoms with van der Waals surface area (Å²) < 4.78 is 13.3. The first-order valence-corrected chi connectivity index (χ1v) is 5.52. The fourth-order valence-electron chi connectivity index (χ4n) is 1.54. The number of nitriles is 1. The smallest absolute Gasteiger partial charge is 0.142 e. The Morgan fingerprint density at radius 1 is 1.12 bits per heavy atom. The predicted molar refractivity (Wildman–Crippen MR) is 66.6 cm³/mol. The summed E-state index contributed by atoms with van der Waals surface area (Å²) in [7, 11) is 0. The van der Waals surface area contributed by atoms with E-state index in [0.29, 0.717) is 21.7 Å². The van der Waals surface area contributed by atoms with Crippen LogP contribution in [-0.2, 0) is 0 Å². The Kier molecular flexibility index (Phi) is 3.33. The lowest BCUT2D eigenvalue weighted by Gasteiger charge is -2.06. The van der Waals surface area contributed by atoms with Gasteiger partial charge in [0.15, 0.2) is 0 Å². The van der Waals surface area contributed by atoms with Crippen LogP contribution in [0.25, 0.3) is 11.1 Å². The van der Waals surface area contributed by atoms with Crippen LogP contribution in [0, 0.1) is 17.1 Å². The summed E-state index contributed by atoms with van der Waals surface area (Å²) in [6, 6.07) is 11.3. The van der Waals surface area contributed by atoms with Crippen LogP contribution in [0.3, 0.4) is 0 Å². The van der Waals surface area contributed by atoms with E-state index in [1.807, 2.05) is 6.07 Å². The lowest BCUT2D eigenvalue weighted by Crippen LogP contribution is -1.85. The summed E-state index contributed by atoms with van der Waals surface area (Å²) in [5.74, 6) is -0.498. The first kappa shape index (κ1) is 11.9. The van der Waals surface area contributed by atoms with Gasteiger partial charge in [0.25, 0.3) is 0 Å². The predicted octanol–water partition coefficient (Wildman–Crippen LogP) is 4.67. The van der Waals surface area contributed by atoms with Crippen molar-refractivity contribution >= 4 is 23.2 Å². The van der Waals surface area contributed by atoms with Gasteiger partial charge in [0.1, 0.15) is 5.82 Å². The van der Waals surface area contributed by atoms with Gasteiger partial charge in [-0.3, -0.25) is 0 Å². The summed E-state index contributed by atoms with van der Waals surface area (Å²) in [4.78, 5) is 0. The van der Waals surface area contributed by atoms with Crippen LogP contribution in [0.15, 0.2) is 36.4 Å². The molecule has 0 atom stereocenters. The first-order chi connectivity index (χ1) is 8.11. The number of halogens is 3. The quantitative estimate of drug-likeness (QED) is 0.735. The highest BCUT2D eigenvalue weighted by Gasteiger charge is 2.09. The van der Waals surface area contributed by atoms with Gasteiger partial charge in [-0.15, -0.1) is 0 Å². The molecule has 0 heterocycles. The standard InChI is InChI=1S/C13H6Cl2FN/c14-10-5-8(7-17)4-9(6-10)11-2-1-3-12(16)13(11)15/h1-6H. The third-order valence-corrected chi connectivity index (χ3v) is 2.89. The highest BCUT2D eigenvalue weighted by Crippen LogP contribution is 2.32. The van der Waals surface area contributed by atoms with Gasteiger partial charge in [-0.05, 0) is 29.8 Å². The van der Waals surface area contributed by atoms with Crippen molar-refractivity contribution in [3.8, 4) is 17.2 Å². The Morgan fingerprint density at radius 3 is 2.59 bits per heavy atom. The third-order valence-electron chi connectivity index (χ3n) is 2.29. The maximum absolute atomic E-state index is 13.3. The van der Waals surface area contributed by atoms with E-state index in [2.05, 4.69) is 0 Å². The van der Waals surface area contributed by atoms with E-state index < -0.39 is 5.82 Å². The van der Waals surface area contributed by atoms with E-state index in [0.717, 1.165) is 0 Å². The molecule has 0 radical (unpaired) electrons. The minimum absolute atomic E-state index is 0.0265. The van der Waals surface area contributed by atoms with Crippen molar-refractivity contribution in [3.05, 3.63) is 57.8 Å². The summed E-state index contributed by atoms with van der Waals surface area (Å²) in [6.45, 7) is 0. The second-order valence-corrected chi connectivity index (χ2v) is 4.26. The number of hydrogen-bond acceptors (Lipinski definition) is 1. The molecule has 0 fully saturated rings. The average molecular weight is 266 g/mol. The molecule has 4 heteroatoms. The zero-order valence-corrected chi connectivity index (χ0v) is 10.1. The van der Waals surface area contributed by atoms with E-state index in [-0.39, 0.29) is 5.02 Å². The van der Waals surface area contributed by atoms with Crippen molar-refractivity contribution in [1.82, 2.24) is 0 Å². The van der Waals surface area contributed by atoms with Crippen LogP contribution >= 0.6 is 23.2 Å². The molecule has 0 amide bonds.